The number of carbonyl (C=O) groups is 4. The lowest BCUT2D eigenvalue weighted by Gasteiger charge is -2.46. The number of fused-ring (bicyclic) bond motifs is 2. The van der Waals surface area contributed by atoms with E-state index in [1.165, 1.54) is 24.1 Å². The fraction of sp³-hybridized carbons (Fsp3) is 0.333. The van der Waals surface area contributed by atoms with Crippen molar-refractivity contribution in [2.24, 2.45) is 0 Å². The van der Waals surface area contributed by atoms with Crippen LogP contribution in [0.5, 0.6) is 5.75 Å². The van der Waals surface area contributed by atoms with Crippen molar-refractivity contribution in [3.05, 3.63) is 75.3 Å². The molecule has 0 saturated carbocycles. The van der Waals surface area contributed by atoms with Gasteiger partial charge in [-0.05, 0) is 36.8 Å². The average Bonchev–Trinajstić information content (AvgIpc) is 3.31. The molecule has 37 heavy (non-hydrogen) atoms. The highest BCUT2D eigenvalue weighted by Gasteiger charge is 2.69. The van der Waals surface area contributed by atoms with Crippen LogP contribution in [-0.4, -0.2) is 74.5 Å². The normalized spacial score (nSPS) is 25.9. The van der Waals surface area contributed by atoms with Gasteiger partial charge in [-0.3, -0.25) is 19.3 Å². The molecule has 192 valence electrons. The quantitative estimate of drug-likeness (QED) is 0.163. The van der Waals surface area contributed by atoms with Crippen LogP contribution >= 0.6 is 11.8 Å². The molecule has 13 heteroatoms. The zero-order valence-electron chi connectivity index (χ0n) is 19.7. The highest BCUT2D eigenvalue weighted by Crippen LogP contribution is 2.53. The molecule has 0 spiro atoms. The molecule has 3 amide bonds. The van der Waals surface area contributed by atoms with E-state index in [4.69, 9.17) is 9.47 Å². The number of thioether (sulfide) groups is 1. The molecule has 4 atom stereocenters. The first-order valence-corrected chi connectivity index (χ1v) is 12.1. The van der Waals surface area contributed by atoms with Crippen molar-refractivity contribution in [2.45, 2.75) is 35.7 Å². The van der Waals surface area contributed by atoms with Crippen LogP contribution in [0.15, 0.2) is 48.5 Å². The second kappa shape index (κ2) is 9.07. The smallest absolute Gasteiger partial charge is 0.330 e. The molecule has 0 unspecified atom stereocenters. The fourth-order valence-corrected chi connectivity index (χ4v) is 6.53. The molecule has 0 aromatic heterocycles. The highest BCUT2D eigenvalue weighted by atomic mass is 32.2. The summed E-state index contributed by atoms with van der Waals surface area (Å²) in [6, 6.07) is 10.7. The van der Waals surface area contributed by atoms with Gasteiger partial charge in [0.1, 0.15) is 36.4 Å². The molecular formula is C24H21N3O9S. The van der Waals surface area contributed by atoms with Gasteiger partial charge in [-0.25, -0.2) is 4.79 Å². The minimum Gasteiger partial charge on any atom is -0.497 e. The standard InChI is InChI=1S/C24H21N3O9S/c1-24(12-36-27(32)33)18(23(31)35-11-13-7-9-14(34-2)10-8-13)26-21(30)17(22(26)37-24)25-19(28)15-5-3-4-6-16(15)20(25)29/h3-10,17-18,22H,11-12H2,1-2H3/t17-,18+,22-,24-/m1/s1. The van der Waals surface area contributed by atoms with E-state index in [-0.39, 0.29) is 17.7 Å². The first-order valence-electron chi connectivity index (χ1n) is 11.2. The van der Waals surface area contributed by atoms with Gasteiger partial charge in [0.05, 0.1) is 23.0 Å². The second-order valence-electron chi connectivity index (χ2n) is 8.89. The van der Waals surface area contributed by atoms with Gasteiger partial charge in [0, 0.05) is 0 Å². The maximum absolute atomic E-state index is 13.3. The van der Waals surface area contributed by atoms with E-state index in [9.17, 15) is 29.3 Å². The van der Waals surface area contributed by atoms with Crippen LogP contribution < -0.4 is 4.74 Å². The van der Waals surface area contributed by atoms with Crippen molar-refractivity contribution < 1.29 is 38.6 Å². The largest absolute Gasteiger partial charge is 0.497 e. The molecule has 0 aliphatic carbocycles. The summed E-state index contributed by atoms with van der Waals surface area (Å²) in [5, 5.41) is 9.16. The van der Waals surface area contributed by atoms with Gasteiger partial charge < -0.3 is 19.2 Å². The number of imide groups is 1. The van der Waals surface area contributed by atoms with E-state index in [1.807, 2.05) is 0 Å². The second-order valence-corrected chi connectivity index (χ2v) is 10.5. The van der Waals surface area contributed by atoms with Crippen LogP contribution in [0.1, 0.15) is 33.2 Å². The number of amides is 3. The Kier molecular flexibility index (Phi) is 6.02. The minimum absolute atomic E-state index is 0.106. The number of rotatable bonds is 8. The lowest BCUT2D eigenvalue weighted by Crippen LogP contribution is -2.71. The third-order valence-electron chi connectivity index (χ3n) is 6.62. The van der Waals surface area contributed by atoms with Gasteiger partial charge in [0.25, 0.3) is 22.8 Å². The number of carbonyl (C=O) groups excluding carboxylic acids is 4. The first kappa shape index (κ1) is 24.6. The Balaban J connectivity index is 1.38. The van der Waals surface area contributed by atoms with E-state index in [0.717, 1.165) is 16.7 Å². The topological polar surface area (TPSA) is 146 Å². The van der Waals surface area contributed by atoms with Crippen molar-refractivity contribution in [3.63, 3.8) is 0 Å². The monoisotopic (exact) mass is 527 g/mol. The summed E-state index contributed by atoms with van der Waals surface area (Å²) in [4.78, 5) is 70.2. The molecule has 2 fully saturated rings. The molecule has 2 saturated heterocycles. The zero-order valence-corrected chi connectivity index (χ0v) is 20.5. The summed E-state index contributed by atoms with van der Waals surface area (Å²) in [5.41, 5.74) is 1.05. The van der Waals surface area contributed by atoms with Gasteiger partial charge in [-0.15, -0.1) is 21.9 Å². The number of nitrogens with zero attached hydrogens (tertiary/aromatic N) is 3. The molecule has 2 aromatic rings. The number of benzene rings is 2. The SMILES string of the molecule is COc1ccc(COC(=O)[C@@H]2N3C(=O)[C@@H](N4C(=O)c5ccccc5C4=O)[C@H]3S[C@]2(C)CO[N+](=O)[O-])cc1. The predicted molar refractivity (Wildman–Crippen MR) is 127 cm³/mol. The van der Waals surface area contributed by atoms with Crippen molar-refractivity contribution in [3.8, 4) is 5.75 Å². The molecular weight excluding hydrogens is 506 g/mol. The molecule has 3 heterocycles. The minimum atomic E-state index is -1.28. The molecule has 3 aliphatic rings. The molecule has 0 N–H and O–H groups in total. The average molecular weight is 528 g/mol. The fourth-order valence-electron chi connectivity index (χ4n) is 4.81. The van der Waals surface area contributed by atoms with E-state index in [2.05, 4.69) is 4.84 Å². The van der Waals surface area contributed by atoms with E-state index >= 15 is 0 Å². The maximum atomic E-state index is 13.3. The lowest BCUT2D eigenvalue weighted by atomic mass is 9.94. The number of hydrogen-bond donors (Lipinski definition) is 0. The summed E-state index contributed by atoms with van der Waals surface area (Å²) in [6.45, 7) is 0.929. The maximum Gasteiger partial charge on any atom is 0.330 e. The summed E-state index contributed by atoms with van der Waals surface area (Å²) in [7, 11) is 1.52. The van der Waals surface area contributed by atoms with Crippen molar-refractivity contribution >= 4 is 35.5 Å². The lowest BCUT2D eigenvalue weighted by molar-refractivity contribution is -0.758. The Morgan fingerprint density at radius 2 is 1.70 bits per heavy atom. The van der Waals surface area contributed by atoms with Gasteiger partial charge in [-0.2, -0.15) is 0 Å². The van der Waals surface area contributed by atoms with Gasteiger partial charge in [-0.1, -0.05) is 24.3 Å². The van der Waals surface area contributed by atoms with E-state index < -0.39 is 57.6 Å². The number of methoxy groups -OCH3 is 1. The Hall–Kier alpha value is -4.13. The van der Waals surface area contributed by atoms with E-state index in [0.29, 0.717) is 11.3 Å². The number of esters is 1. The van der Waals surface area contributed by atoms with Gasteiger partial charge >= 0.3 is 5.97 Å². The van der Waals surface area contributed by atoms with Crippen molar-refractivity contribution in [1.29, 1.82) is 0 Å². The Labute approximate surface area is 214 Å². The summed E-state index contributed by atoms with van der Waals surface area (Å²) >= 11 is 1.06. The van der Waals surface area contributed by atoms with Crippen LogP contribution in [0.4, 0.5) is 0 Å². The van der Waals surface area contributed by atoms with Gasteiger partial charge in [0.2, 0.25) is 0 Å². The first-order chi connectivity index (χ1) is 17.7. The van der Waals surface area contributed by atoms with Crippen LogP contribution in [0.3, 0.4) is 0 Å². The number of β-lactam (4-membered cyclic amide) rings is 1. The van der Waals surface area contributed by atoms with Crippen LogP contribution in [0.25, 0.3) is 0 Å². The molecule has 12 nitrogen and oxygen atoms in total. The van der Waals surface area contributed by atoms with Crippen molar-refractivity contribution in [2.75, 3.05) is 13.7 Å². The molecule has 0 radical (unpaired) electrons. The Morgan fingerprint density at radius 3 is 2.27 bits per heavy atom. The molecule has 3 aliphatic heterocycles. The van der Waals surface area contributed by atoms with Crippen LogP contribution in [-0.2, 0) is 25.8 Å². The Morgan fingerprint density at radius 1 is 1.08 bits per heavy atom. The Bertz CT molecular complexity index is 1280. The molecule has 2 aromatic carbocycles. The molecule has 5 rings (SSSR count). The summed E-state index contributed by atoms with van der Waals surface area (Å²) in [5.74, 6) is -1.99. The highest BCUT2D eigenvalue weighted by molar-refractivity contribution is 8.01. The van der Waals surface area contributed by atoms with Crippen LogP contribution in [0.2, 0.25) is 0 Å². The summed E-state index contributed by atoms with van der Waals surface area (Å²) in [6.07, 6.45) is 0. The third kappa shape index (κ3) is 3.95. The predicted octanol–water partition coefficient (Wildman–Crippen LogP) is 1.65. The number of ether oxygens (including phenoxy) is 2. The summed E-state index contributed by atoms with van der Waals surface area (Å²) < 4.78 is 9.31. The van der Waals surface area contributed by atoms with Gasteiger partial charge in [0.15, 0.2) is 0 Å². The number of hydrogen-bond acceptors (Lipinski definition) is 10. The van der Waals surface area contributed by atoms with Crippen molar-refractivity contribution in [1.82, 2.24) is 9.80 Å². The zero-order chi connectivity index (χ0) is 26.5. The molecule has 0 bridgehead atoms. The third-order valence-corrected chi connectivity index (χ3v) is 8.23. The van der Waals surface area contributed by atoms with E-state index in [1.54, 1.807) is 43.3 Å². The van der Waals surface area contributed by atoms with Crippen LogP contribution in [0, 0.1) is 10.1 Å².